The van der Waals surface area contributed by atoms with Crippen LogP contribution in [0, 0.1) is 0 Å². The summed E-state index contributed by atoms with van der Waals surface area (Å²) in [5.74, 6) is -0.335. The molecule has 1 heterocycles. The van der Waals surface area contributed by atoms with Crippen molar-refractivity contribution < 1.29 is 27.2 Å². The number of nitrogens with one attached hydrogen (secondary N) is 1. The van der Waals surface area contributed by atoms with E-state index in [-0.39, 0.29) is 17.9 Å². The van der Waals surface area contributed by atoms with E-state index in [1.807, 2.05) is 6.92 Å². The van der Waals surface area contributed by atoms with Crippen LogP contribution in [0.25, 0.3) is 11.0 Å². The summed E-state index contributed by atoms with van der Waals surface area (Å²) in [5.41, 5.74) is 0.0436. The van der Waals surface area contributed by atoms with Crippen molar-refractivity contribution in [2.45, 2.75) is 25.9 Å². The maximum absolute atomic E-state index is 13.0. The maximum Gasteiger partial charge on any atom is 0.416 e. The Bertz CT molecular complexity index is 951. The van der Waals surface area contributed by atoms with Crippen molar-refractivity contribution in [1.82, 2.24) is 5.16 Å². The molecule has 3 aromatic rings. The third-order valence-electron chi connectivity index (χ3n) is 3.82. The molecule has 0 unspecified atom stereocenters. The average Bonchev–Trinajstić information content (AvgIpc) is 3.03. The van der Waals surface area contributed by atoms with Crippen molar-refractivity contribution in [3.05, 3.63) is 53.7 Å². The first-order valence-corrected chi connectivity index (χ1v) is 8.35. The lowest BCUT2D eigenvalue weighted by atomic mass is 10.1. The summed E-state index contributed by atoms with van der Waals surface area (Å²) in [6.07, 6.45) is -3.98. The summed E-state index contributed by atoms with van der Waals surface area (Å²) in [7, 11) is 0. The number of fused-ring (bicyclic) bond motifs is 1. The van der Waals surface area contributed by atoms with E-state index in [0.717, 1.165) is 12.1 Å². The lowest BCUT2D eigenvalue weighted by Gasteiger charge is -2.15. The molecular weight excluding hydrogens is 361 g/mol. The second-order valence-corrected chi connectivity index (χ2v) is 5.91. The predicted molar refractivity (Wildman–Crippen MR) is 93.6 cm³/mol. The van der Waals surface area contributed by atoms with Gasteiger partial charge in [-0.25, -0.2) is 0 Å². The molecule has 1 amide bonds. The van der Waals surface area contributed by atoms with Gasteiger partial charge in [0.15, 0.2) is 5.58 Å². The van der Waals surface area contributed by atoms with Crippen molar-refractivity contribution in [3.63, 3.8) is 0 Å². The van der Waals surface area contributed by atoms with Crippen molar-refractivity contribution in [2.24, 2.45) is 0 Å². The third-order valence-corrected chi connectivity index (χ3v) is 3.82. The molecule has 0 saturated heterocycles. The number of rotatable bonds is 6. The van der Waals surface area contributed by atoms with Gasteiger partial charge in [-0.3, -0.25) is 4.79 Å². The number of para-hydroxylation sites is 1. The lowest BCUT2D eigenvalue weighted by molar-refractivity contribution is -0.137. The minimum atomic E-state index is -4.52. The number of benzene rings is 2. The Balaban J connectivity index is 1.82. The molecule has 1 aromatic heterocycles. The molecule has 0 radical (unpaired) electrons. The standard InChI is InChI=1S/C19H17F3N2O3/c1-2-9-26-17-8-7-12(19(20,21)22)10-15(17)23-18(25)11-14-13-5-3-4-6-16(13)27-24-14/h3-8,10H,2,9,11H2,1H3,(H,23,25). The normalized spacial score (nSPS) is 11.6. The highest BCUT2D eigenvalue weighted by molar-refractivity contribution is 5.95. The van der Waals surface area contributed by atoms with E-state index in [1.165, 1.54) is 6.07 Å². The summed E-state index contributed by atoms with van der Waals surface area (Å²) in [5, 5.41) is 7.03. The van der Waals surface area contributed by atoms with Crippen LogP contribution in [-0.4, -0.2) is 17.7 Å². The molecule has 5 nitrogen and oxygen atoms in total. The topological polar surface area (TPSA) is 64.4 Å². The smallest absolute Gasteiger partial charge is 0.416 e. The second-order valence-electron chi connectivity index (χ2n) is 5.91. The van der Waals surface area contributed by atoms with Crippen molar-refractivity contribution >= 4 is 22.6 Å². The minimum Gasteiger partial charge on any atom is -0.491 e. The van der Waals surface area contributed by atoms with E-state index in [4.69, 9.17) is 9.26 Å². The molecule has 0 aliphatic rings. The molecule has 0 bridgehead atoms. The maximum atomic E-state index is 13.0. The van der Waals surface area contributed by atoms with Crippen LogP contribution in [0.1, 0.15) is 24.6 Å². The number of amides is 1. The highest BCUT2D eigenvalue weighted by atomic mass is 19.4. The molecular formula is C19H17F3N2O3. The van der Waals surface area contributed by atoms with Crippen LogP contribution < -0.4 is 10.1 Å². The number of nitrogens with zero attached hydrogens (tertiary/aromatic N) is 1. The van der Waals surface area contributed by atoms with Crippen molar-refractivity contribution in [3.8, 4) is 5.75 Å². The Morgan fingerprint density at radius 3 is 2.74 bits per heavy atom. The van der Waals surface area contributed by atoms with Crippen LogP contribution in [0.2, 0.25) is 0 Å². The Kier molecular flexibility index (Phi) is 5.34. The average molecular weight is 378 g/mol. The molecule has 3 rings (SSSR count). The monoisotopic (exact) mass is 378 g/mol. The van der Waals surface area contributed by atoms with E-state index in [9.17, 15) is 18.0 Å². The van der Waals surface area contributed by atoms with Gasteiger partial charge in [0.25, 0.3) is 0 Å². The molecule has 0 atom stereocenters. The highest BCUT2D eigenvalue weighted by Crippen LogP contribution is 2.35. The first-order chi connectivity index (χ1) is 12.9. The van der Waals surface area contributed by atoms with Gasteiger partial charge in [-0.05, 0) is 36.8 Å². The van der Waals surface area contributed by atoms with E-state index in [0.29, 0.717) is 29.7 Å². The predicted octanol–water partition coefficient (Wildman–Crippen LogP) is 4.82. The first kappa shape index (κ1) is 18.8. The zero-order chi connectivity index (χ0) is 19.4. The first-order valence-electron chi connectivity index (χ1n) is 8.35. The molecule has 2 aromatic carbocycles. The van der Waals surface area contributed by atoms with Crippen LogP contribution in [0.4, 0.5) is 18.9 Å². The number of hydrogen-bond donors (Lipinski definition) is 1. The van der Waals surface area contributed by atoms with Gasteiger partial charge in [-0.2, -0.15) is 13.2 Å². The molecule has 0 spiro atoms. The molecule has 0 fully saturated rings. The minimum absolute atomic E-state index is 0.0314. The summed E-state index contributed by atoms with van der Waals surface area (Å²) < 4.78 is 49.6. The highest BCUT2D eigenvalue weighted by Gasteiger charge is 2.31. The van der Waals surface area contributed by atoms with E-state index in [2.05, 4.69) is 10.5 Å². The van der Waals surface area contributed by atoms with E-state index >= 15 is 0 Å². The van der Waals surface area contributed by atoms with Gasteiger partial charge in [0.05, 0.1) is 24.3 Å². The van der Waals surface area contributed by atoms with Crippen LogP contribution >= 0.6 is 0 Å². The fraction of sp³-hybridized carbons (Fsp3) is 0.263. The molecule has 1 N–H and O–H groups in total. The molecule has 0 aliphatic heterocycles. The SMILES string of the molecule is CCCOc1ccc(C(F)(F)F)cc1NC(=O)Cc1noc2ccccc12. The zero-order valence-corrected chi connectivity index (χ0v) is 14.5. The Morgan fingerprint density at radius 2 is 2.00 bits per heavy atom. The summed E-state index contributed by atoms with van der Waals surface area (Å²) in [4.78, 5) is 12.4. The van der Waals surface area contributed by atoms with Gasteiger partial charge in [0, 0.05) is 5.39 Å². The third kappa shape index (κ3) is 4.39. The number of carbonyl (C=O) groups is 1. The molecule has 0 saturated carbocycles. The summed E-state index contributed by atoms with van der Waals surface area (Å²) in [6, 6.07) is 10.0. The number of halogens is 3. The van der Waals surface area contributed by atoms with Gasteiger partial charge in [-0.1, -0.05) is 24.2 Å². The largest absolute Gasteiger partial charge is 0.491 e. The van der Waals surface area contributed by atoms with Crippen LogP contribution in [-0.2, 0) is 17.4 Å². The van der Waals surface area contributed by atoms with Crippen molar-refractivity contribution in [2.75, 3.05) is 11.9 Å². The number of hydrogen-bond acceptors (Lipinski definition) is 4. The molecule has 142 valence electrons. The van der Waals surface area contributed by atoms with Crippen LogP contribution in [0.3, 0.4) is 0 Å². The fourth-order valence-electron chi connectivity index (χ4n) is 2.55. The van der Waals surface area contributed by atoms with Gasteiger partial charge in [0.2, 0.25) is 5.91 Å². The second kappa shape index (κ2) is 7.69. The van der Waals surface area contributed by atoms with Crippen LogP contribution in [0.5, 0.6) is 5.75 Å². The number of anilines is 1. The molecule has 27 heavy (non-hydrogen) atoms. The Morgan fingerprint density at radius 1 is 1.22 bits per heavy atom. The molecule has 0 aliphatic carbocycles. The van der Waals surface area contributed by atoms with Gasteiger partial charge >= 0.3 is 6.18 Å². The number of carbonyl (C=O) groups excluding carboxylic acids is 1. The number of ether oxygens (including phenoxy) is 1. The number of aromatic nitrogens is 1. The van der Waals surface area contributed by atoms with Crippen LogP contribution in [0.15, 0.2) is 47.0 Å². The number of alkyl halides is 3. The summed E-state index contributed by atoms with van der Waals surface area (Å²) >= 11 is 0. The lowest BCUT2D eigenvalue weighted by Crippen LogP contribution is -2.16. The quantitative estimate of drug-likeness (QED) is 0.668. The molecule has 8 heteroatoms. The van der Waals surface area contributed by atoms with Gasteiger partial charge in [-0.15, -0.1) is 0 Å². The van der Waals surface area contributed by atoms with E-state index < -0.39 is 17.6 Å². The van der Waals surface area contributed by atoms with E-state index in [1.54, 1.807) is 24.3 Å². The fourth-order valence-corrected chi connectivity index (χ4v) is 2.55. The zero-order valence-electron chi connectivity index (χ0n) is 14.5. The Hall–Kier alpha value is -3.03. The van der Waals surface area contributed by atoms with Gasteiger partial charge < -0.3 is 14.6 Å². The Labute approximate surface area is 153 Å². The van der Waals surface area contributed by atoms with Gasteiger partial charge in [0.1, 0.15) is 11.4 Å². The van der Waals surface area contributed by atoms with Crippen molar-refractivity contribution in [1.29, 1.82) is 0 Å². The summed E-state index contributed by atoms with van der Waals surface area (Å²) in [6.45, 7) is 2.19.